The Balaban J connectivity index is 3.07. The van der Waals surface area contributed by atoms with Crippen LogP contribution in [0.15, 0.2) is 18.2 Å². The van der Waals surface area contributed by atoms with Crippen molar-refractivity contribution >= 4 is 9.84 Å². The zero-order valence-electron chi connectivity index (χ0n) is 12.0. The van der Waals surface area contributed by atoms with E-state index in [9.17, 15) is 8.42 Å². The summed E-state index contributed by atoms with van der Waals surface area (Å²) in [6.07, 6.45) is 2.04. The van der Waals surface area contributed by atoms with Gasteiger partial charge in [0.15, 0.2) is 11.5 Å². The summed E-state index contributed by atoms with van der Waals surface area (Å²) in [6.45, 7) is 4.43. The molecule has 4 nitrogen and oxygen atoms in total. The second kappa shape index (κ2) is 6.80. The lowest BCUT2D eigenvalue weighted by atomic mass is 9.98. The molecule has 0 saturated heterocycles. The normalized spacial score (nSPS) is 13.1. The van der Waals surface area contributed by atoms with Crippen LogP contribution in [0.25, 0.3) is 0 Å². The van der Waals surface area contributed by atoms with E-state index in [1.54, 1.807) is 7.11 Å². The molecule has 1 atom stereocenters. The lowest BCUT2D eigenvalue weighted by Crippen LogP contribution is -2.13. The standard InChI is InChI=1S/C14H22O4S/c1-5-11(10-19(4,15)16)12-7-8-13(17-3)14(9-12)18-6-2/h7-9,11H,5-6,10H2,1-4H3. The van der Waals surface area contributed by atoms with Crippen LogP contribution in [0.5, 0.6) is 11.5 Å². The topological polar surface area (TPSA) is 52.6 Å². The summed E-state index contributed by atoms with van der Waals surface area (Å²) in [4.78, 5) is 0. The lowest BCUT2D eigenvalue weighted by molar-refractivity contribution is 0.310. The van der Waals surface area contributed by atoms with Crippen LogP contribution in [0, 0.1) is 0 Å². The van der Waals surface area contributed by atoms with E-state index in [1.807, 2.05) is 32.0 Å². The van der Waals surface area contributed by atoms with Crippen molar-refractivity contribution in [3.63, 3.8) is 0 Å². The van der Waals surface area contributed by atoms with Gasteiger partial charge in [0, 0.05) is 6.26 Å². The van der Waals surface area contributed by atoms with Crippen molar-refractivity contribution in [3.05, 3.63) is 23.8 Å². The fraction of sp³-hybridized carbons (Fsp3) is 0.571. The summed E-state index contributed by atoms with van der Waals surface area (Å²) < 4.78 is 33.6. The molecule has 0 amide bonds. The number of benzene rings is 1. The van der Waals surface area contributed by atoms with E-state index in [4.69, 9.17) is 9.47 Å². The quantitative estimate of drug-likeness (QED) is 0.773. The first-order valence-corrected chi connectivity index (χ1v) is 8.45. The van der Waals surface area contributed by atoms with Crippen LogP contribution >= 0.6 is 0 Å². The van der Waals surface area contributed by atoms with Gasteiger partial charge in [-0.3, -0.25) is 0 Å². The Kier molecular flexibility index (Phi) is 5.66. The van der Waals surface area contributed by atoms with Crippen molar-refractivity contribution in [1.29, 1.82) is 0 Å². The molecule has 0 aliphatic heterocycles. The van der Waals surface area contributed by atoms with Crippen molar-refractivity contribution in [2.45, 2.75) is 26.2 Å². The molecule has 0 N–H and O–H groups in total. The van der Waals surface area contributed by atoms with Crippen molar-refractivity contribution in [1.82, 2.24) is 0 Å². The summed E-state index contributed by atoms with van der Waals surface area (Å²) >= 11 is 0. The average Bonchev–Trinajstić information content (AvgIpc) is 2.35. The molecule has 0 radical (unpaired) electrons. The maximum atomic E-state index is 11.5. The van der Waals surface area contributed by atoms with E-state index in [2.05, 4.69) is 0 Å². The third-order valence-electron chi connectivity index (χ3n) is 2.96. The number of methoxy groups -OCH3 is 1. The highest BCUT2D eigenvalue weighted by atomic mass is 32.2. The summed E-state index contributed by atoms with van der Waals surface area (Å²) in [7, 11) is -1.41. The fourth-order valence-electron chi connectivity index (χ4n) is 2.03. The first-order chi connectivity index (χ1) is 8.91. The monoisotopic (exact) mass is 286 g/mol. The number of rotatable bonds is 7. The number of sulfone groups is 1. The van der Waals surface area contributed by atoms with Gasteiger partial charge < -0.3 is 9.47 Å². The molecule has 0 saturated carbocycles. The van der Waals surface area contributed by atoms with Gasteiger partial charge in [0.1, 0.15) is 9.84 Å². The van der Waals surface area contributed by atoms with Crippen LogP contribution in [0.4, 0.5) is 0 Å². The van der Waals surface area contributed by atoms with E-state index in [-0.39, 0.29) is 11.7 Å². The Morgan fingerprint density at radius 3 is 2.37 bits per heavy atom. The maximum Gasteiger partial charge on any atom is 0.161 e. The molecule has 0 fully saturated rings. The Labute approximate surface area is 115 Å². The minimum absolute atomic E-state index is 0.0138. The molecule has 0 bridgehead atoms. The van der Waals surface area contributed by atoms with E-state index >= 15 is 0 Å². The summed E-state index contributed by atoms with van der Waals surface area (Å²) in [5, 5.41) is 0. The Hall–Kier alpha value is -1.23. The van der Waals surface area contributed by atoms with E-state index in [0.29, 0.717) is 18.1 Å². The number of hydrogen-bond acceptors (Lipinski definition) is 4. The minimum Gasteiger partial charge on any atom is -0.493 e. The van der Waals surface area contributed by atoms with Crippen molar-refractivity contribution in [2.75, 3.05) is 25.7 Å². The van der Waals surface area contributed by atoms with Gasteiger partial charge in [-0.05, 0) is 37.0 Å². The third kappa shape index (κ3) is 4.74. The van der Waals surface area contributed by atoms with Gasteiger partial charge in [-0.25, -0.2) is 8.42 Å². The first kappa shape index (κ1) is 15.8. The SMILES string of the molecule is CCOc1cc(C(CC)CS(C)(=O)=O)ccc1OC. The lowest BCUT2D eigenvalue weighted by Gasteiger charge is -2.17. The molecular formula is C14H22O4S. The molecule has 0 aliphatic rings. The zero-order valence-corrected chi connectivity index (χ0v) is 12.8. The predicted molar refractivity (Wildman–Crippen MR) is 76.9 cm³/mol. The molecule has 0 aliphatic carbocycles. The van der Waals surface area contributed by atoms with Crippen LogP contribution in [0.2, 0.25) is 0 Å². The fourth-order valence-corrected chi connectivity index (χ4v) is 3.19. The van der Waals surface area contributed by atoms with E-state index < -0.39 is 9.84 Å². The van der Waals surface area contributed by atoms with Crippen LogP contribution in [0.1, 0.15) is 31.7 Å². The third-order valence-corrected chi connectivity index (χ3v) is 3.96. The molecule has 1 aromatic rings. The summed E-state index contributed by atoms with van der Waals surface area (Å²) in [5.41, 5.74) is 0.970. The Morgan fingerprint density at radius 2 is 1.89 bits per heavy atom. The van der Waals surface area contributed by atoms with Gasteiger partial charge in [-0.1, -0.05) is 13.0 Å². The Morgan fingerprint density at radius 1 is 1.21 bits per heavy atom. The second-order valence-corrected chi connectivity index (χ2v) is 6.73. The first-order valence-electron chi connectivity index (χ1n) is 6.39. The van der Waals surface area contributed by atoms with Crippen molar-refractivity contribution in [2.24, 2.45) is 0 Å². The van der Waals surface area contributed by atoms with Gasteiger partial charge in [0.2, 0.25) is 0 Å². The molecule has 0 spiro atoms. The molecule has 108 valence electrons. The molecule has 0 heterocycles. The van der Waals surface area contributed by atoms with Gasteiger partial charge in [0.25, 0.3) is 0 Å². The summed E-state index contributed by atoms with van der Waals surface area (Å²) in [6, 6.07) is 5.60. The van der Waals surface area contributed by atoms with Crippen molar-refractivity contribution in [3.8, 4) is 11.5 Å². The molecule has 1 rings (SSSR count). The van der Waals surface area contributed by atoms with E-state index in [0.717, 1.165) is 12.0 Å². The molecule has 19 heavy (non-hydrogen) atoms. The molecule has 1 unspecified atom stereocenters. The molecule has 0 aromatic heterocycles. The van der Waals surface area contributed by atoms with Crippen LogP contribution < -0.4 is 9.47 Å². The average molecular weight is 286 g/mol. The smallest absolute Gasteiger partial charge is 0.161 e. The van der Waals surface area contributed by atoms with Gasteiger partial charge >= 0.3 is 0 Å². The van der Waals surface area contributed by atoms with Gasteiger partial charge in [-0.15, -0.1) is 0 Å². The molecule has 1 aromatic carbocycles. The zero-order chi connectivity index (χ0) is 14.5. The number of ether oxygens (including phenoxy) is 2. The molecule has 5 heteroatoms. The minimum atomic E-state index is -3.00. The van der Waals surface area contributed by atoms with Gasteiger partial charge in [0.05, 0.1) is 19.5 Å². The van der Waals surface area contributed by atoms with E-state index in [1.165, 1.54) is 6.26 Å². The van der Waals surface area contributed by atoms with Crippen LogP contribution in [-0.2, 0) is 9.84 Å². The van der Waals surface area contributed by atoms with Gasteiger partial charge in [-0.2, -0.15) is 0 Å². The highest BCUT2D eigenvalue weighted by Crippen LogP contribution is 2.32. The molecular weight excluding hydrogens is 264 g/mol. The highest BCUT2D eigenvalue weighted by Gasteiger charge is 2.17. The Bertz CT molecular complexity index is 508. The van der Waals surface area contributed by atoms with Crippen LogP contribution in [0.3, 0.4) is 0 Å². The van der Waals surface area contributed by atoms with Crippen LogP contribution in [-0.4, -0.2) is 34.1 Å². The number of hydrogen-bond donors (Lipinski definition) is 0. The maximum absolute atomic E-state index is 11.5. The summed E-state index contributed by atoms with van der Waals surface area (Å²) in [5.74, 6) is 1.47. The predicted octanol–water partition coefficient (Wildman–Crippen LogP) is 2.63. The highest BCUT2D eigenvalue weighted by molar-refractivity contribution is 7.90. The van der Waals surface area contributed by atoms with Crippen molar-refractivity contribution < 1.29 is 17.9 Å². The second-order valence-electron chi connectivity index (χ2n) is 4.54. The largest absolute Gasteiger partial charge is 0.493 e.